The summed E-state index contributed by atoms with van der Waals surface area (Å²) in [6.07, 6.45) is 1.76. The van der Waals surface area contributed by atoms with E-state index in [0.29, 0.717) is 19.8 Å². The van der Waals surface area contributed by atoms with E-state index in [9.17, 15) is 0 Å². The van der Waals surface area contributed by atoms with Crippen molar-refractivity contribution in [1.29, 1.82) is 0 Å². The highest BCUT2D eigenvalue weighted by Gasteiger charge is 2.22. The molecule has 1 aromatic heterocycles. The van der Waals surface area contributed by atoms with Crippen LogP contribution >= 0.6 is 0 Å². The summed E-state index contributed by atoms with van der Waals surface area (Å²) in [4.78, 5) is 4.21. The minimum absolute atomic E-state index is 0.226. The first kappa shape index (κ1) is 13.3. The molecular formula is C13H19NO4. The summed E-state index contributed by atoms with van der Waals surface area (Å²) in [5.74, 6) is 1.10. The molecule has 0 bridgehead atoms. The zero-order valence-corrected chi connectivity index (χ0v) is 11.0. The number of pyridine rings is 1. The average molecular weight is 253 g/mol. The quantitative estimate of drug-likeness (QED) is 0.817. The lowest BCUT2D eigenvalue weighted by atomic mass is 10.2. The number of methoxy groups -OCH3 is 1. The van der Waals surface area contributed by atoms with E-state index in [1.54, 1.807) is 13.3 Å². The Morgan fingerprint density at radius 2 is 2.06 bits per heavy atom. The minimum atomic E-state index is -0.536. The van der Waals surface area contributed by atoms with Gasteiger partial charge in [-0.05, 0) is 19.9 Å². The molecule has 1 saturated heterocycles. The maximum atomic E-state index is 5.79. The molecule has 1 aliphatic rings. The molecule has 1 aromatic rings. The fourth-order valence-corrected chi connectivity index (χ4v) is 1.74. The second kappa shape index (κ2) is 6.13. The maximum absolute atomic E-state index is 5.79. The number of hydrogen-bond acceptors (Lipinski definition) is 5. The summed E-state index contributed by atoms with van der Waals surface area (Å²) in [5, 5.41) is 0. The van der Waals surface area contributed by atoms with Crippen LogP contribution in [0.15, 0.2) is 12.3 Å². The Bertz CT molecular complexity index is 389. The normalized spacial score (nSPS) is 23.9. The van der Waals surface area contributed by atoms with E-state index in [2.05, 4.69) is 4.98 Å². The van der Waals surface area contributed by atoms with Crippen LogP contribution in [0.25, 0.3) is 0 Å². The Balaban J connectivity index is 1.83. The molecule has 0 unspecified atom stereocenters. The van der Waals surface area contributed by atoms with E-state index in [-0.39, 0.29) is 5.92 Å². The highest BCUT2D eigenvalue weighted by molar-refractivity contribution is 5.33. The van der Waals surface area contributed by atoms with Gasteiger partial charge in [-0.15, -0.1) is 0 Å². The zero-order valence-electron chi connectivity index (χ0n) is 11.0. The molecule has 0 amide bonds. The van der Waals surface area contributed by atoms with Crippen LogP contribution in [0, 0.1) is 19.8 Å². The third-order valence-electron chi connectivity index (χ3n) is 3.01. The van der Waals surface area contributed by atoms with Gasteiger partial charge in [-0.3, -0.25) is 4.98 Å². The molecule has 18 heavy (non-hydrogen) atoms. The van der Waals surface area contributed by atoms with Crippen molar-refractivity contribution in [1.82, 2.24) is 4.98 Å². The van der Waals surface area contributed by atoms with Crippen molar-refractivity contribution in [2.24, 2.45) is 5.92 Å². The third-order valence-corrected chi connectivity index (χ3v) is 3.01. The average Bonchev–Trinajstić information content (AvgIpc) is 2.41. The zero-order chi connectivity index (χ0) is 13.0. The number of rotatable bonds is 4. The SMILES string of the molecule is COC1OCC(COc2ccnc(C)c2C)CO1. The lowest BCUT2D eigenvalue weighted by molar-refractivity contribution is -0.314. The fraction of sp³-hybridized carbons (Fsp3) is 0.615. The number of hydrogen-bond donors (Lipinski definition) is 0. The van der Waals surface area contributed by atoms with Gasteiger partial charge in [0.2, 0.25) is 0 Å². The molecule has 1 aliphatic heterocycles. The Labute approximate surface area is 107 Å². The van der Waals surface area contributed by atoms with Crippen molar-refractivity contribution >= 4 is 0 Å². The van der Waals surface area contributed by atoms with Gasteiger partial charge >= 0.3 is 0 Å². The summed E-state index contributed by atoms with van der Waals surface area (Å²) in [6, 6.07) is 1.88. The fourth-order valence-electron chi connectivity index (χ4n) is 1.74. The van der Waals surface area contributed by atoms with Crippen molar-refractivity contribution in [3.63, 3.8) is 0 Å². The van der Waals surface area contributed by atoms with Gasteiger partial charge in [0.25, 0.3) is 6.48 Å². The number of aromatic nitrogens is 1. The van der Waals surface area contributed by atoms with Crippen molar-refractivity contribution in [3.05, 3.63) is 23.5 Å². The molecule has 0 aliphatic carbocycles. The van der Waals surface area contributed by atoms with E-state index in [0.717, 1.165) is 17.0 Å². The molecule has 2 rings (SSSR count). The van der Waals surface area contributed by atoms with E-state index in [1.165, 1.54) is 0 Å². The van der Waals surface area contributed by atoms with Gasteiger partial charge < -0.3 is 18.9 Å². The van der Waals surface area contributed by atoms with Crippen LogP contribution in [-0.2, 0) is 14.2 Å². The molecule has 0 saturated carbocycles. The summed E-state index contributed by atoms with van der Waals surface area (Å²) < 4.78 is 21.4. The molecule has 5 nitrogen and oxygen atoms in total. The van der Waals surface area contributed by atoms with Crippen molar-refractivity contribution in [3.8, 4) is 5.75 Å². The molecule has 0 aromatic carbocycles. The van der Waals surface area contributed by atoms with Gasteiger partial charge in [0.05, 0.1) is 19.8 Å². The van der Waals surface area contributed by atoms with Crippen molar-refractivity contribution in [2.75, 3.05) is 26.9 Å². The number of nitrogens with zero attached hydrogens (tertiary/aromatic N) is 1. The van der Waals surface area contributed by atoms with Crippen molar-refractivity contribution in [2.45, 2.75) is 20.3 Å². The van der Waals surface area contributed by atoms with Gasteiger partial charge in [-0.25, -0.2) is 0 Å². The van der Waals surface area contributed by atoms with Crippen LogP contribution in [0.1, 0.15) is 11.3 Å². The van der Waals surface area contributed by atoms with Crippen LogP contribution < -0.4 is 4.74 Å². The van der Waals surface area contributed by atoms with E-state index in [1.807, 2.05) is 19.9 Å². The predicted molar refractivity (Wildman–Crippen MR) is 65.4 cm³/mol. The summed E-state index contributed by atoms with van der Waals surface area (Å²) in [7, 11) is 1.56. The Morgan fingerprint density at radius 1 is 1.33 bits per heavy atom. The van der Waals surface area contributed by atoms with Gasteiger partial charge in [0.1, 0.15) is 5.75 Å². The van der Waals surface area contributed by atoms with Crippen LogP contribution in [0.3, 0.4) is 0 Å². The summed E-state index contributed by atoms with van der Waals surface area (Å²) in [5.41, 5.74) is 2.06. The third kappa shape index (κ3) is 3.19. The topological polar surface area (TPSA) is 49.8 Å². The molecule has 100 valence electrons. The lowest BCUT2D eigenvalue weighted by Gasteiger charge is -2.28. The first-order chi connectivity index (χ1) is 8.70. The van der Waals surface area contributed by atoms with Crippen LogP contribution in [-0.4, -0.2) is 38.4 Å². The second-order valence-corrected chi connectivity index (χ2v) is 4.39. The molecule has 0 radical (unpaired) electrons. The molecule has 0 atom stereocenters. The van der Waals surface area contributed by atoms with E-state index >= 15 is 0 Å². The monoisotopic (exact) mass is 253 g/mol. The maximum Gasteiger partial charge on any atom is 0.271 e. The highest BCUT2D eigenvalue weighted by atomic mass is 16.8. The van der Waals surface area contributed by atoms with E-state index in [4.69, 9.17) is 18.9 Å². The Kier molecular flexibility index (Phi) is 4.52. The molecule has 2 heterocycles. The molecule has 0 spiro atoms. The van der Waals surface area contributed by atoms with Crippen LogP contribution in [0.5, 0.6) is 5.75 Å². The van der Waals surface area contributed by atoms with Gasteiger partial charge in [-0.1, -0.05) is 0 Å². The molecular weight excluding hydrogens is 234 g/mol. The van der Waals surface area contributed by atoms with Gasteiger partial charge in [0.15, 0.2) is 0 Å². The largest absolute Gasteiger partial charge is 0.493 e. The second-order valence-electron chi connectivity index (χ2n) is 4.39. The van der Waals surface area contributed by atoms with Crippen molar-refractivity contribution < 1.29 is 18.9 Å². The Hall–Kier alpha value is -1.17. The predicted octanol–water partition coefficient (Wildman–Crippen LogP) is 1.67. The smallest absolute Gasteiger partial charge is 0.271 e. The molecule has 0 N–H and O–H groups in total. The standard InChI is InChI=1S/C13H19NO4/c1-9-10(2)14-5-4-12(9)16-6-11-7-17-13(15-3)18-8-11/h4-5,11,13H,6-8H2,1-3H3. The first-order valence-electron chi connectivity index (χ1n) is 6.01. The van der Waals surface area contributed by atoms with Crippen LogP contribution in [0.4, 0.5) is 0 Å². The number of aryl methyl sites for hydroxylation is 1. The lowest BCUT2D eigenvalue weighted by Crippen LogP contribution is -2.36. The number of ether oxygens (including phenoxy) is 4. The first-order valence-corrected chi connectivity index (χ1v) is 6.01. The van der Waals surface area contributed by atoms with E-state index < -0.39 is 6.48 Å². The molecule has 5 heteroatoms. The highest BCUT2D eigenvalue weighted by Crippen LogP contribution is 2.20. The molecule has 1 fully saturated rings. The van der Waals surface area contributed by atoms with Gasteiger partial charge in [0, 0.05) is 30.5 Å². The minimum Gasteiger partial charge on any atom is -0.493 e. The Morgan fingerprint density at radius 3 is 2.72 bits per heavy atom. The summed E-state index contributed by atoms with van der Waals surface area (Å²) >= 11 is 0. The van der Waals surface area contributed by atoms with Crippen LogP contribution in [0.2, 0.25) is 0 Å². The summed E-state index contributed by atoms with van der Waals surface area (Å²) in [6.45, 7) is 5.18. The van der Waals surface area contributed by atoms with Gasteiger partial charge in [-0.2, -0.15) is 0 Å².